The predicted octanol–water partition coefficient (Wildman–Crippen LogP) is 3.29. The molecule has 0 spiro atoms. The zero-order valence-electron chi connectivity index (χ0n) is 11.2. The van der Waals surface area contributed by atoms with Crippen LogP contribution in [0.3, 0.4) is 0 Å². The molecule has 4 nitrogen and oxygen atoms in total. The molecule has 2 rings (SSSR count). The van der Waals surface area contributed by atoms with Crippen molar-refractivity contribution in [1.29, 1.82) is 0 Å². The van der Waals surface area contributed by atoms with Crippen LogP contribution in [0.1, 0.15) is 44.0 Å². The van der Waals surface area contributed by atoms with Crippen molar-refractivity contribution in [3.63, 3.8) is 0 Å². The second kappa shape index (κ2) is 5.72. The number of hydrogen-bond donors (Lipinski definition) is 1. The van der Waals surface area contributed by atoms with E-state index >= 15 is 0 Å². The quantitative estimate of drug-likeness (QED) is 0.912. The maximum absolute atomic E-state index is 6.23. The molecule has 19 heavy (non-hydrogen) atoms. The third-order valence-corrected chi connectivity index (χ3v) is 3.68. The number of halogens is 1. The van der Waals surface area contributed by atoms with Crippen molar-refractivity contribution in [3.8, 4) is 0 Å². The molecule has 0 atom stereocenters. The van der Waals surface area contributed by atoms with E-state index in [0.29, 0.717) is 18.1 Å². The first kappa shape index (κ1) is 14.0. The van der Waals surface area contributed by atoms with Crippen LogP contribution in [0, 0.1) is 0 Å². The Morgan fingerprint density at radius 1 is 1.21 bits per heavy atom. The molecular formula is C14H18ClN3O. The molecule has 0 fully saturated rings. The van der Waals surface area contributed by atoms with Gasteiger partial charge in [0, 0.05) is 11.4 Å². The van der Waals surface area contributed by atoms with Gasteiger partial charge in [0.05, 0.1) is 5.54 Å². The van der Waals surface area contributed by atoms with Gasteiger partial charge in [-0.1, -0.05) is 42.7 Å². The number of nitrogens with zero attached hydrogens (tertiary/aromatic N) is 2. The Morgan fingerprint density at radius 3 is 2.42 bits per heavy atom. The lowest BCUT2D eigenvalue weighted by Gasteiger charge is -2.20. The standard InChI is InChI=1S/C14H18ClN3O/c1-3-14(16,4-2)13-17-12(18-19-13)9-10-5-7-11(15)8-6-10/h5-8H,3-4,9,16H2,1-2H3. The number of benzene rings is 1. The monoisotopic (exact) mass is 279 g/mol. The third-order valence-electron chi connectivity index (χ3n) is 3.43. The van der Waals surface area contributed by atoms with E-state index < -0.39 is 5.54 Å². The number of nitrogens with two attached hydrogens (primary N) is 1. The summed E-state index contributed by atoms with van der Waals surface area (Å²) in [4.78, 5) is 4.41. The first-order valence-electron chi connectivity index (χ1n) is 6.43. The van der Waals surface area contributed by atoms with Crippen molar-refractivity contribution in [1.82, 2.24) is 10.1 Å². The summed E-state index contributed by atoms with van der Waals surface area (Å²) in [7, 11) is 0. The topological polar surface area (TPSA) is 64.9 Å². The van der Waals surface area contributed by atoms with Gasteiger partial charge in [-0.25, -0.2) is 0 Å². The van der Waals surface area contributed by atoms with E-state index in [0.717, 1.165) is 23.4 Å². The van der Waals surface area contributed by atoms with E-state index in [1.165, 1.54) is 0 Å². The lowest BCUT2D eigenvalue weighted by molar-refractivity contribution is 0.267. The minimum atomic E-state index is -0.523. The van der Waals surface area contributed by atoms with Crippen molar-refractivity contribution in [3.05, 3.63) is 46.6 Å². The Hall–Kier alpha value is -1.39. The predicted molar refractivity (Wildman–Crippen MR) is 75.0 cm³/mol. The van der Waals surface area contributed by atoms with Crippen LogP contribution >= 0.6 is 11.6 Å². The molecule has 1 aromatic carbocycles. The average Bonchev–Trinajstić information content (AvgIpc) is 2.89. The average molecular weight is 280 g/mol. The fourth-order valence-electron chi connectivity index (χ4n) is 1.87. The zero-order valence-corrected chi connectivity index (χ0v) is 11.9. The first-order chi connectivity index (χ1) is 9.07. The minimum Gasteiger partial charge on any atom is -0.337 e. The summed E-state index contributed by atoms with van der Waals surface area (Å²) in [6, 6.07) is 7.60. The molecule has 0 bridgehead atoms. The lowest BCUT2D eigenvalue weighted by atomic mass is 9.94. The molecule has 0 radical (unpaired) electrons. The summed E-state index contributed by atoms with van der Waals surface area (Å²) < 4.78 is 5.30. The SMILES string of the molecule is CCC(N)(CC)c1nc(Cc2ccc(Cl)cc2)no1. The van der Waals surface area contributed by atoms with Crippen LogP contribution in [-0.2, 0) is 12.0 Å². The van der Waals surface area contributed by atoms with Crippen LogP contribution in [0.2, 0.25) is 5.02 Å². The molecule has 0 aliphatic heterocycles. The first-order valence-corrected chi connectivity index (χ1v) is 6.81. The lowest BCUT2D eigenvalue weighted by Crippen LogP contribution is -2.35. The Labute approximate surface area is 118 Å². The molecule has 1 aromatic heterocycles. The summed E-state index contributed by atoms with van der Waals surface area (Å²) in [6.45, 7) is 4.04. The maximum Gasteiger partial charge on any atom is 0.246 e. The van der Waals surface area contributed by atoms with Gasteiger partial charge >= 0.3 is 0 Å². The molecule has 2 N–H and O–H groups in total. The largest absolute Gasteiger partial charge is 0.337 e. The van der Waals surface area contributed by atoms with Crippen molar-refractivity contribution in [2.75, 3.05) is 0 Å². The molecule has 0 aliphatic rings. The van der Waals surface area contributed by atoms with Crippen molar-refractivity contribution in [2.45, 2.75) is 38.6 Å². The van der Waals surface area contributed by atoms with Crippen LogP contribution in [0.5, 0.6) is 0 Å². The van der Waals surface area contributed by atoms with Gasteiger partial charge in [-0.15, -0.1) is 0 Å². The van der Waals surface area contributed by atoms with Gasteiger partial charge in [-0.05, 0) is 30.5 Å². The molecular weight excluding hydrogens is 262 g/mol. The van der Waals surface area contributed by atoms with Crippen LogP contribution in [0.4, 0.5) is 0 Å². The molecule has 5 heteroatoms. The van der Waals surface area contributed by atoms with Gasteiger partial charge in [0.1, 0.15) is 0 Å². The molecule has 0 saturated carbocycles. The van der Waals surface area contributed by atoms with Crippen molar-refractivity contribution < 1.29 is 4.52 Å². The van der Waals surface area contributed by atoms with Gasteiger partial charge in [0.2, 0.25) is 5.89 Å². The Morgan fingerprint density at radius 2 is 1.84 bits per heavy atom. The van der Waals surface area contributed by atoms with E-state index in [1.807, 2.05) is 38.1 Å². The Kier molecular flexibility index (Phi) is 4.22. The molecule has 0 unspecified atom stereocenters. The summed E-state index contributed by atoms with van der Waals surface area (Å²) in [5, 5.41) is 4.71. The number of rotatable bonds is 5. The summed E-state index contributed by atoms with van der Waals surface area (Å²) in [6.07, 6.45) is 2.16. The summed E-state index contributed by atoms with van der Waals surface area (Å²) >= 11 is 5.85. The minimum absolute atomic E-state index is 0.515. The maximum atomic E-state index is 6.23. The highest BCUT2D eigenvalue weighted by Gasteiger charge is 2.29. The van der Waals surface area contributed by atoms with E-state index in [4.69, 9.17) is 21.9 Å². The zero-order chi connectivity index (χ0) is 13.9. The molecule has 102 valence electrons. The molecule has 0 aliphatic carbocycles. The highest BCUT2D eigenvalue weighted by Crippen LogP contribution is 2.24. The van der Waals surface area contributed by atoms with Crippen LogP contribution < -0.4 is 5.73 Å². The second-order valence-corrected chi connectivity index (χ2v) is 5.12. The highest BCUT2D eigenvalue weighted by atomic mass is 35.5. The smallest absolute Gasteiger partial charge is 0.246 e. The molecule has 0 saturated heterocycles. The van der Waals surface area contributed by atoms with E-state index in [9.17, 15) is 0 Å². The fraction of sp³-hybridized carbons (Fsp3) is 0.429. The van der Waals surface area contributed by atoms with Crippen molar-refractivity contribution in [2.24, 2.45) is 5.73 Å². The van der Waals surface area contributed by atoms with Gasteiger partial charge in [-0.3, -0.25) is 0 Å². The summed E-state index contributed by atoms with van der Waals surface area (Å²) in [5.74, 6) is 1.16. The van der Waals surface area contributed by atoms with E-state index in [-0.39, 0.29) is 0 Å². The number of hydrogen-bond acceptors (Lipinski definition) is 4. The highest BCUT2D eigenvalue weighted by molar-refractivity contribution is 6.30. The van der Waals surface area contributed by atoms with Gasteiger partial charge < -0.3 is 10.3 Å². The molecule has 2 aromatic rings. The Bertz CT molecular complexity index is 532. The van der Waals surface area contributed by atoms with Gasteiger partial charge in [0.15, 0.2) is 5.82 Å². The van der Waals surface area contributed by atoms with E-state index in [2.05, 4.69) is 10.1 Å². The van der Waals surface area contributed by atoms with Crippen LogP contribution in [0.15, 0.2) is 28.8 Å². The van der Waals surface area contributed by atoms with Gasteiger partial charge in [-0.2, -0.15) is 4.98 Å². The second-order valence-electron chi connectivity index (χ2n) is 4.68. The van der Waals surface area contributed by atoms with Gasteiger partial charge in [0.25, 0.3) is 0 Å². The van der Waals surface area contributed by atoms with Crippen LogP contribution in [-0.4, -0.2) is 10.1 Å². The third kappa shape index (κ3) is 3.14. The van der Waals surface area contributed by atoms with E-state index in [1.54, 1.807) is 0 Å². The van der Waals surface area contributed by atoms with Crippen LogP contribution in [0.25, 0.3) is 0 Å². The fourth-order valence-corrected chi connectivity index (χ4v) is 1.99. The molecule has 1 heterocycles. The Balaban J connectivity index is 2.15. The molecule has 0 amide bonds. The summed E-state index contributed by atoms with van der Waals surface area (Å²) in [5.41, 5.74) is 6.80. The normalized spacial score (nSPS) is 11.8. The van der Waals surface area contributed by atoms with Crippen molar-refractivity contribution >= 4 is 11.6 Å². The number of aromatic nitrogens is 2.